The van der Waals surface area contributed by atoms with Gasteiger partial charge in [-0.15, -0.1) is 0 Å². The zero-order valence-corrected chi connectivity index (χ0v) is 15.4. The number of amides is 2. The zero-order valence-electron chi connectivity index (χ0n) is 15.4. The first-order valence-corrected chi connectivity index (χ1v) is 9.25. The van der Waals surface area contributed by atoms with E-state index in [0.29, 0.717) is 19.6 Å². The number of carbonyl (C=O) groups excluding carboxylic acids is 2. The van der Waals surface area contributed by atoms with E-state index in [1.54, 1.807) is 4.90 Å². The Hall–Kier alpha value is -3.09. The summed E-state index contributed by atoms with van der Waals surface area (Å²) < 4.78 is 19.1. The zero-order chi connectivity index (χ0) is 19.9. The molecule has 28 heavy (non-hydrogen) atoms. The lowest BCUT2D eigenvalue weighted by atomic mass is 9.97. The Kier molecular flexibility index (Phi) is 6.47. The van der Waals surface area contributed by atoms with E-state index in [4.69, 9.17) is 4.74 Å². The Morgan fingerprint density at radius 3 is 2.54 bits per heavy atom. The van der Waals surface area contributed by atoms with E-state index >= 15 is 0 Å². The fourth-order valence-corrected chi connectivity index (χ4v) is 3.15. The third kappa shape index (κ3) is 5.22. The van der Waals surface area contributed by atoms with Gasteiger partial charge in [-0.05, 0) is 36.5 Å². The van der Waals surface area contributed by atoms with Crippen LogP contribution in [0.2, 0.25) is 0 Å². The SMILES string of the molecule is O=C(NCC1CCN(C(=O)OCc2ccccc2)CC1)c1ccc(O)cc1F. The van der Waals surface area contributed by atoms with Crippen molar-refractivity contribution in [3.8, 4) is 5.75 Å². The Morgan fingerprint density at radius 1 is 1.14 bits per heavy atom. The molecule has 1 saturated heterocycles. The molecule has 148 valence electrons. The van der Waals surface area contributed by atoms with Crippen LogP contribution in [0.5, 0.6) is 5.75 Å². The molecule has 0 bridgehead atoms. The van der Waals surface area contributed by atoms with E-state index in [1.807, 2.05) is 30.3 Å². The lowest BCUT2D eigenvalue weighted by Gasteiger charge is -2.31. The van der Waals surface area contributed by atoms with Crippen LogP contribution in [0.1, 0.15) is 28.8 Å². The van der Waals surface area contributed by atoms with Crippen molar-refractivity contribution < 1.29 is 23.8 Å². The molecule has 0 saturated carbocycles. The number of piperidine rings is 1. The summed E-state index contributed by atoms with van der Waals surface area (Å²) in [4.78, 5) is 25.9. The maximum absolute atomic E-state index is 13.7. The van der Waals surface area contributed by atoms with Crippen molar-refractivity contribution in [3.05, 3.63) is 65.5 Å². The largest absolute Gasteiger partial charge is 0.508 e. The maximum atomic E-state index is 13.7. The van der Waals surface area contributed by atoms with Crippen molar-refractivity contribution in [2.45, 2.75) is 19.4 Å². The third-order valence-corrected chi connectivity index (χ3v) is 4.83. The van der Waals surface area contributed by atoms with Crippen molar-refractivity contribution in [1.29, 1.82) is 0 Å². The highest BCUT2D eigenvalue weighted by Gasteiger charge is 2.24. The Morgan fingerprint density at radius 2 is 1.86 bits per heavy atom. The van der Waals surface area contributed by atoms with Crippen LogP contribution in [-0.4, -0.2) is 41.6 Å². The molecule has 1 heterocycles. The number of hydrogen-bond acceptors (Lipinski definition) is 4. The average molecular weight is 386 g/mol. The summed E-state index contributed by atoms with van der Waals surface area (Å²) >= 11 is 0. The molecule has 0 aliphatic carbocycles. The molecule has 2 aromatic carbocycles. The number of carbonyl (C=O) groups is 2. The summed E-state index contributed by atoms with van der Waals surface area (Å²) in [7, 11) is 0. The van der Waals surface area contributed by atoms with Crippen molar-refractivity contribution >= 4 is 12.0 Å². The molecule has 2 N–H and O–H groups in total. The normalized spacial score (nSPS) is 14.5. The minimum atomic E-state index is -0.756. The molecule has 3 rings (SSSR count). The molecule has 2 aromatic rings. The van der Waals surface area contributed by atoms with Crippen molar-refractivity contribution in [2.24, 2.45) is 5.92 Å². The fourth-order valence-electron chi connectivity index (χ4n) is 3.15. The van der Waals surface area contributed by atoms with Crippen LogP contribution >= 0.6 is 0 Å². The fraction of sp³-hybridized carbons (Fsp3) is 0.333. The van der Waals surface area contributed by atoms with Gasteiger partial charge in [0, 0.05) is 25.7 Å². The molecule has 0 radical (unpaired) electrons. The van der Waals surface area contributed by atoms with Gasteiger partial charge in [0.2, 0.25) is 0 Å². The molecule has 0 spiro atoms. The number of aromatic hydroxyl groups is 1. The van der Waals surface area contributed by atoms with Gasteiger partial charge in [0.1, 0.15) is 18.2 Å². The van der Waals surface area contributed by atoms with Crippen molar-refractivity contribution in [1.82, 2.24) is 10.2 Å². The van der Waals surface area contributed by atoms with Gasteiger partial charge in [0.05, 0.1) is 5.56 Å². The summed E-state index contributed by atoms with van der Waals surface area (Å²) in [6.45, 7) is 1.77. The van der Waals surface area contributed by atoms with Gasteiger partial charge in [-0.1, -0.05) is 30.3 Å². The number of rotatable bonds is 5. The number of hydrogen-bond donors (Lipinski definition) is 2. The van der Waals surface area contributed by atoms with E-state index in [-0.39, 0.29) is 29.9 Å². The van der Waals surface area contributed by atoms with E-state index < -0.39 is 11.7 Å². The quantitative estimate of drug-likeness (QED) is 0.826. The molecule has 0 unspecified atom stereocenters. The summed E-state index contributed by atoms with van der Waals surface area (Å²) in [5, 5.41) is 11.9. The minimum Gasteiger partial charge on any atom is -0.508 e. The number of ether oxygens (including phenoxy) is 1. The van der Waals surface area contributed by atoms with Crippen LogP contribution in [-0.2, 0) is 11.3 Å². The standard InChI is InChI=1S/C21H23FN2O4/c22-19-12-17(25)6-7-18(19)20(26)23-13-15-8-10-24(11-9-15)21(27)28-14-16-4-2-1-3-5-16/h1-7,12,15,25H,8-11,13-14H2,(H,23,26). The van der Waals surface area contributed by atoms with E-state index in [1.165, 1.54) is 12.1 Å². The molecule has 7 heteroatoms. The van der Waals surface area contributed by atoms with Crippen LogP contribution in [0.25, 0.3) is 0 Å². The molecule has 1 fully saturated rings. The second kappa shape index (κ2) is 9.21. The molecule has 1 aliphatic heterocycles. The summed E-state index contributed by atoms with van der Waals surface area (Å²) in [5.74, 6) is -1.28. The highest BCUT2D eigenvalue weighted by molar-refractivity contribution is 5.94. The predicted octanol–water partition coefficient (Wildman–Crippen LogP) is 3.31. The predicted molar refractivity (Wildman–Crippen MR) is 101 cm³/mol. The number of nitrogens with zero attached hydrogens (tertiary/aromatic N) is 1. The monoisotopic (exact) mass is 386 g/mol. The molecule has 6 nitrogen and oxygen atoms in total. The van der Waals surface area contributed by atoms with E-state index in [9.17, 15) is 19.1 Å². The molecule has 1 aliphatic rings. The van der Waals surface area contributed by atoms with Gasteiger partial charge in [-0.25, -0.2) is 9.18 Å². The second-order valence-electron chi connectivity index (χ2n) is 6.84. The summed E-state index contributed by atoms with van der Waals surface area (Å²) in [6.07, 6.45) is 1.13. The molecular weight excluding hydrogens is 363 g/mol. The van der Waals surface area contributed by atoms with Crippen molar-refractivity contribution in [3.63, 3.8) is 0 Å². The summed E-state index contributed by atoms with van der Waals surface area (Å²) in [5.41, 5.74) is 0.842. The van der Waals surface area contributed by atoms with Gasteiger partial charge in [0.15, 0.2) is 0 Å². The number of likely N-dealkylation sites (tertiary alicyclic amines) is 1. The first-order chi connectivity index (χ1) is 13.5. The smallest absolute Gasteiger partial charge is 0.410 e. The van der Waals surface area contributed by atoms with Crippen LogP contribution in [0.3, 0.4) is 0 Å². The first kappa shape index (κ1) is 19.7. The van der Waals surface area contributed by atoms with E-state index in [2.05, 4.69) is 5.32 Å². The highest BCUT2D eigenvalue weighted by Crippen LogP contribution is 2.19. The van der Waals surface area contributed by atoms with Gasteiger partial charge in [-0.2, -0.15) is 0 Å². The second-order valence-corrected chi connectivity index (χ2v) is 6.84. The van der Waals surface area contributed by atoms with Gasteiger partial charge >= 0.3 is 6.09 Å². The number of phenols is 1. The topological polar surface area (TPSA) is 78.9 Å². The lowest BCUT2D eigenvalue weighted by molar-refractivity contribution is 0.0800. The minimum absolute atomic E-state index is 0.0975. The Labute approximate surface area is 162 Å². The highest BCUT2D eigenvalue weighted by atomic mass is 19.1. The summed E-state index contributed by atoms with van der Waals surface area (Å²) in [6, 6.07) is 12.9. The van der Waals surface area contributed by atoms with Crippen molar-refractivity contribution in [2.75, 3.05) is 19.6 Å². The van der Waals surface area contributed by atoms with Gasteiger partial charge in [-0.3, -0.25) is 4.79 Å². The Balaban J connectivity index is 1.40. The molecule has 2 amide bonds. The third-order valence-electron chi connectivity index (χ3n) is 4.83. The number of phenolic OH excluding ortho intramolecular Hbond substituents is 1. The average Bonchev–Trinajstić information content (AvgIpc) is 2.71. The van der Waals surface area contributed by atoms with Crippen LogP contribution < -0.4 is 5.32 Å². The lowest BCUT2D eigenvalue weighted by Crippen LogP contribution is -2.41. The molecule has 0 atom stereocenters. The molecular formula is C21H23FN2O4. The first-order valence-electron chi connectivity index (χ1n) is 9.25. The van der Waals surface area contributed by atoms with E-state index in [0.717, 1.165) is 24.5 Å². The maximum Gasteiger partial charge on any atom is 0.410 e. The van der Waals surface area contributed by atoms with Crippen LogP contribution in [0.15, 0.2) is 48.5 Å². The van der Waals surface area contributed by atoms with Gasteiger partial charge in [0.25, 0.3) is 5.91 Å². The van der Waals surface area contributed by atoms with Crippen LogP contribution in [0.4, 0.5) is 9.18 Å². The van der Waals surface area contributed by atoms with Crippen LogP contribution in [0, 0.1) is 11.7 Å². The number of benzene rings is 2. The number of halogens is 1. The number of nitrogens with one attached hydrogen (secondary N) is 1. The molecule has 0 aromatic heterocycles. The van der Waals surface area contributed by atoms with Gasteiger partial charge < -0.3 is 20.1 Å². The Bertz CT molecular complexity index is 820.